The number of unbranched alkanes of at least 4 members (excludes halogenated alkanes) is 9. The zero-order valence-corrected chi connectivity index (χ0v) is 15.9. The first-order chi connectivity index (χ1) is 10.2. The van der Waals surface area contributed by atoms with Crippen LogP contribution in [0.15, 0.2) is 0 Å². The SMILES string of the molecule is CCCCCCCCC1OC1CCCCCCCC(=O)[O-].[Mg+2]. The molecule has 0 aliphatic carbocycles. The second-order valence-corrected chi connectivity index (χ2v) is 6.45. The third-order valence-corrected chi connectivity index (χ3v) is 4.40. The second kappa shape index (κ2) is 14.8. The number of hydrogen-bond donors (Lipinski definition) is 0. The van der Waals surface area contributed by atoms with E-state index in [1.807, 2.05) is 0 Å². The predicted octanol–water partition coefficient (Wildman–Crippen LogP) is 3.60. The summed E-state index contributed by atoms with van der Waals surface area (Å²) in [6.07, 6.45) is 17.3. The molecule has 0 radical (unpaired) electrons. The zero-order chi connectivity index (χ0) is 15.3. The maximum Gasteiger partial charge on any atom is 2.00 e. The second-order valence-electron chi connectivity index (χ2n) is 6.45. The van der Waals surface area contributed by atoms with Gasteiger partial charge in [0, 0.05) is 5.97 Å². The van der Waals surface area contributed by atoms with Crippen molar-refractivity contribution in [2.45, 2.75) is 109 Å². The van der Waals surface area contributed by atoms with Crippen LogP contribution in [0.5, 0.6) is 0 Å². The van der Waals surface area contributed by atoms with E-state index in [0.29, 0.717) is 12.2 Å². The average molecular weight is 322 g/mol. The summed E-state index contributed by atoms with van der Waals surface area (Å²) in [5, 5.41) is 10.3. The number of aliphatic carboxylic acids is 1. The van der Waals surface area contributed by atoms with Crippen molar-refractivity contribution in [1.82, 2.24) is 0 Å². The predicted molar refractivity (Wildman–Crippen MR) is 89.7 cm³/mol. The third kappa shape index (κ3) is 12.7. The number of rotatable bonds is 15. The summed E-state index contributed by atoms with van der Waals surface area (Å²) < 4.78 is 5.72. The van der Waals surface area contributed by atoms with Crippen molar-refractivity contribution in [3.8, 4) is 0 Å². The van der Waals surface area contributed by atoms with Crippen LogP contribution in [0.1, 0.15) is 96.8 Å². The van der Waals surface area contributed by atoms with Crippen molar-refractivity contribution in [1.29, 1.82) is 0 Å². The van der Waals surface area contributed by atoms with Crippen molar-refractivity contribution < 1.29 is 14.6 Å². The van der Waals surface area contributed by atoms with Crippen LogP contribution < -0.4 is 5.11 Å². The van der Waals surface area contributed by atoms with Crippen LogP contribution in [-0.4, -0.2) is 41.2 Å². The Bertz CT molecular complexity index is 271. The van der Waals surface area contributed by atoms with Gasteiger partial charge in [-0.2, -0.15) is 0 Å². The topological polar surface area (TPSA) is 52.7 Å². The monoisotopic (exact) mass is 321 g/mol. The van der Waals surface area contributed by atoms with Gasteiger partial charge in [0.2, 0.25) is 0 Å². The van der Waals surface area contributed by atoms with Gasteiger partial charge in [0.1, 0.15) is 0 Å². The maximum absolute atomic E-state index is 10.3. The van der Waals surface area contributed by atoms with Crippen molar-refractivity contribution in [3.63, 3.8) is 0 Å². The van der Waals surface area contributed by atoms with Crippen LogP contribution in [-0.2, 0) is 9.53 Å². The summed E-state index contributed by atoms with van der Waals surface area (Å²) >= 11 is 0. The molecule has 22 heavy (non-hydrogen) atoms. The van der Waals surface area contributed by atoms with Gasteiger partial charge in [-0.3, -0.25) is 0 Å². The minimum absolute atomic E-state index is 0. The summed E-state index contributed by atoms with van der Waals surface area (Å²) in [6.45, 7) is 2.26. The van der Waals surface area contributed by atoms with E-state index in [2.05, 4.69) is 6.92 Å². The maximum atomic E-state index is 10.3. The number of ether oxygens (including phenoxy) is 1. The Labute approximate surface area is 152 Å². The Kier molecular flexibility index (Phi) is 14.9. The molecule has 1 heterocycles. The van der Waals surface area contributed by atoms with Gasteiger partial charge in [-0.15, -0.1) is 0 Å². The molecule has 0 aromatic rings. The summed E-state index contributed by atoms with van der Waals surface area (Å²) in [5.41, 5.74) is 0. The van der Waals surface area contributed by atoms with Gasteiger partial charge in [0.05, 0.1) is 12.2 Å². The Hall–Kier alpha value is 0.196. The Balaban J connectivity index is 0.00000441. The molecule has 1 saturated heterocycles. The molecule has 4 heteroatoms. The summed E-state index contributed by atoms with van der Waals surface area (Å²) in [5.74, 6) is -0.918. The van der Waals surface area contributed by atoms with Gasteiger partial charge >= 0.3 is 23.1 Å². The fraction of sp³-hybridized carbons (Fsp3) is 0.944. The molecule has 3 nitrogen and oxygen atoms in total. The summed E-state index contributed by atoms with van der Waals surface area (Å²) in [7, 11) is 0. The number of epoxide rings is 1. The van der Waals surface area contributed by atoms with Gasteiger partial charge in [-0.1, -0.05) is 71.1 Å². The number of carbonyl (C=O) groups excluding carboxylic acids is 1. The van der Waals surface area contributed by atoms with E-state index in [4.69, 9.17) is 4.74 Å². The average Bonchev–Trinajstić information content (AvgIpc) is 3.20. The molecule has 124 valence electrons. The molecular weight excluding hydrogens is 288 g/mol. The molecule has 1 fully saturated rings. The quantitative estimate of drug-likeness (QED) is 0.263. The van der Waals surface area contributed by atoms with Crippen LogP contribution in [0.4, 0.5) is 0 Å². The molecule has 1 rings (SSSR count). The summed E-state index contributed by atoms with van der Waals surface area (Å²) in [6, 6.07) is 0. The number of carboxylic acid groups (broad SMARTS) is 1. The fourth-order valence-electron chi connectivity index (χ4n) is 2.96. The van der Waals surface area contributed by atoms with Gasteiger partial charge in [-0.25, -0.2) is 0 Å². The Morgan fingerprint density at radius 1 is 0.818 bits per heavy atom. The molecule has 0 spiro atoms. The zero-order valence-electron chi connectivity index (χ0n) is 14.5. The first kappa shape index (κ1) is 22.2. The number of carboxylic acids is 1. The standard InChI is InChI=1S/C18H34O3.Mg/c1-2-3-4-5-7-10-13-16-17(21-16)14-11-8-6-9-12-15-18(19)20;/h16-17H,2-15H2,1H3,(H,19,20);/q;+2/p-1. The van der Waals surface area contributed by atoms with Crippen LogP contribution in [0, 0.1) is 0 Å². The van der Waals surface area contributed by atoms with Gasteiger partial charge in [0.25, 0.3) is 0 Å². The smallest absolute Gasteiger partial charge is 0.550 e. The van der Waals surface area contributed by atoms with E-state index in [1.54, 1.807) is 0 Å². The number of hydrogen-bond acceptors (Lipinski definition) is 3. The molecule has 0 bridgehead atoms. The van der Waals surface area contributed by atoms with E-state index < -0.39 is 5.97 Å². The van der Waals surface area contributed by atoms with Crippen LogP contribution >= 0.6 is 0 Å². The Morgan fingerprint density at radius 3 is 1.77 bits per heavy atom. The first-order valence-corrected chi connectivity index (χ1v) is 9.09. The van der Waals surface area contributed by atoms with E-state index in [-0.39, 0.29) is 29.5 Å². The minimum atomic E-state index is -0.918. The summed E-state index contributed by atoms with van der Waals surface area (Å²) in [4.78, 5) is 10.3. The van der Waals surface area contributed by atoms with Crippen LogP contribution in [0.3, 0.4) is 0 Å². The van der Waals surface area contributed by atoms with Gasteiger partial charge in [0.15, 0.2) is 0 Å². The normalized spacial score (nSPS) is 19.7. The first-order valence-electron chi connectivity index (χ1n) is 9.09. The molecule has 0 N–H and O–H groups in total. The molecule has 0 saturated carbocycles. The molecule has 0 aromatic heterocycles. The van der Waals surface area contributed by atoms with Crippen molar-refractivity contribution in [2.24, 2.45) is 0 Å². The van der Waals surface area contributed by atoms with E-state index in [1.165, 1.54) is 64.2 Å². The largest absolute Gasteiger partial charge is 2.00 e. The fourth-order valence-corrected chi connectivity index (χ4v) is 2.96. The van der Waals surface area contributed by atoms with Crippen molar-refractivity contribution >= 4 is 29.0 Å². The third-order valence-electron chi connectivity index (χ3n) is 4.40. The van der Waals surface area contributed by atoms with E-state index in [0.717, 1.165) is 19.3 Å². The molecule has 1 aliphatic heterocycles. The van der Waals surface area contributed by atoms with Crippen molar-refractivity contribution in [3.05, 3.63) is 0 Å². The van der Waals surface area contributed by atoms with Gasteiger partial charge < -0.3 is 14.6 Å². The molecule has 1 aliphatic rings. The minimum Gasteiger partial charge on any atom is -0.550 e. The molecule has 0 amide bonds. The van der Waals surface area contributed by atoms with Crippen LogP contribution in [0.2, 0.25) is 0 Å². The molecule has 2 atom stereocenters. The molecule has 0 aromatic carbocycles. The van der Waals surface area contributed by atoms with Gasteiger partial charge in [-0.05, 0) is 25.7 Å². The van der Waals surface area contributed by atoms with Crippen LogP contribution in [0.25, 0.3) is 0 Å². The van der Waals surface area contributed by atoms with E-state index >= 15 is 0 Å². The number of carbonyl (C=O) groups is 1. The van der Waals surface area contributed by atoms with Crippen molar-refractivity contribution in [2.75, 3.05) is 0 Å². The molecule has 2 unspecified atom stereocenters. The van der Waals surface area contributed by atoms with E-state index in [9.17, 15) is 9.90 Å². The molecular formula is C18H33MgO3+. The Morgan fingerprint density at radius 2 is 1.27 bits per heavy atom.